The lowest BCUT2D eigenvalue weighted by molar-refractivity contribution is 1.17. The molecule has 6 nitrogen and oxygen atoms in total. The average Bonchev–Trinajstić information content (AvgIpc) is 3.79. The van der Waals surface area contributed by atoms with Gasteiger partial charge in [-0.05, 0) is 78.2 Å². The first-order valence-electron chi connectivity index (χ1n) is 15.8. The van der Waals surface area contributed by atoms with Gasteiger partial charge in [0.1, 0.15) is 11.2 Å². The molecule has 6 aromatic heterocycles. The number of hydrogen-bond donors (Lipinski definition) is 0. The van der Waals surface area contributed by atoms with Crippen LogP contribution in [-0.4, -0.2) is 28.5 Å². The summed E-state index contributed by atoms with van der Waals surface area (Å²) < 4.78 is 6.99. The van der Waals surface area contributed by atoms with E-state index in [9.17, 15) is 0 Å². The van der Waals surface area contributed by atoms with Gasteiger partial charge < -0.3 is 9.13 Å². The van der Waals surface area contributed by atoms with E-state index in [0.29, 0.717) is 0 Å². The minimum atomic E-state index is 0.848. The van der Waals surface area contributed by atoms with Crippen molar-refractivity contribution in [2.45, 2.75) is 0 Å². The number of imidazole rings is 1. The van der Waals surface area contributed by atoms with Crippen LogP contribution in [-0.2, 0) is 0 Å². The van der Waals surface area contributed by atoms with Crippen molar-refractivity contribution in [3.63, 3.8) is 0 Å². The molecule has 0 aliphatic rings. The second-order valence-corrected chi connectivity index (χ2v) is 12.1. The van der Waals surface area contributed by atoms with Gasteiger partial charge in [-0.3, -0.25) is 9.38 Å². The Morgan fingerprint density at radius 1 is 0.426 bits per heavy atom. The molecule has 218 valence electrons. The van der Waals surface area contributed by atoms with Gasteiger partial charge >= 0.3 is 0 Å². The normalized spacial score (nSPS) is 12.3. The predicted molar refractivity (Wildman–Crippen MR) is 192 cm³/mol. The summed E-state index contributed by atoms with van der Waals surface area (Å²) in [6.45, 7) is 0. The molecule has 0 aliphatic heterocycles. The third kappa shape index (κ3) is 3.21. The lowest BCUT2D eigenvalue weighted by Gasteiger charge is -2.11. The van der Waals surface area contributed by atoms with Crippen molar-refractivity contribution in [1.82, 2.24) is 28.5 Å². The van der Waals surface area contributed by atoms with E-state index in [-0.39, 0.29) is 0 Å². The zero-order valence-corrected chi connectivity index (χ0v) is 25.0. The Balaban J connectivity index is 1.42. The molecule has 47 heavy (non-hydrogen) atoms. The van der Waals surface area contributed by atoms with Crippen molar-refractivity contribution in [3.05, 3.63) is 146 Å². The van der Waals surface area contributed by atoms with Crippen LogP contribution in [0.5, 0.6) is 0 Å². The number of pyridine rings is 3. The molecular weight excluding hydrogens is 576 g/mol. The monoisotopic (exact) mass is 600 g/mol. The first kappa shape index (κ1) is 24.8. The molecule has 6 heteroatoms. The van der Waals surface area contributed by atoms with Crippen LogP contribution >= 0.6 is 0 Å². The minimum absolute atomic E-state index is 0.848. The van der Waals surface area contributed by atoms with Crippen LogP contribution < -0.4 is 0 Å². The number of rotatable bonds is 2. The molecule has 0 saturated carbocycles. The molecule has 11 rings (SSSR count). The quantitative estimate of drug-likeness (QED) is 0.186. The fourth-order valence-electron chi connectivity index (χ4n) is 7.84. The van der Waals surface area contributed by atoms with E-state index >= 15 is 0 Å². The maximum absolute atomic E-state index is 5.17. The highest BCUT2D eigenvalue weighted by molar-refractivity contribution is 6.31. The summed E-state index contributed by atoms with van der Waals surface area (Å²) in [5.41, 5.74) is 10.6. The highest BCUT2D eigenvalue weighted by Gasteiger charge is 2.23. The summed E-state index contributed by atoms with van der Waals surface area (Å²) in [4.78, 5) is 14.5. The SMILES string of the molecule is c1ccc(-n2c3ccccc3c3c4c5cc6c(cc5n(-c5ccccc5)c4ccc32)c2cnccc2n2c3ncccc3nc62)cc1. The third-order valence-electron chi connectivity index (χ3n) is 9.72. The van der Waals surface area contributed by atoms with E-state index < -0.39 is 0 Å². The Morgan fingerprint density at radius 3 is 1.91 bits per heavy atom. The van der Waals surface area contributed by atoms with Gasteiger partial charge in [0.2, 0.25) is 0 Å². The van der Waals surface area contributed by atoms with Gasteiger partial charge in [-0.25, -0.2) is 9.97 Å². The van der Waals surface area contributed by atoms with Gasteiger partial charge in [0.25, 0.3) is 0 Å². The zero-order valence-electron chi connectivity index (χ0n) is 25.0. The van der Waals surface area contributed by atoms with Gasteiger partial charge in [0.15, 0.2) is 5.65 Å². The molecule has 0 aliphatic carbocycles. The Hall–Kier alpha value is -6.53. The summed E-state index contributed by atoms with van der Waals surface area (Å²) in [5, 5.41) is 8.15. The molecule has 0 spiro atoms. The number of nitrogens with zero attached hydrogens (tertiary/aromatic N) is 6. The second-order valence-electron chi connectivity index (χ2n) is 12.1. The smallest absolute Gasteiger partial charge is 0.164 e. The molecule has 11 aromatic rings. The average molecular weight is 601 g/mol. The Morgan fingerprint density at radius 2 is 1.13 bits per heavy atom. The fraction of sp³-hybridized carbons (Fsp3) is 0. The number of hydrogen-bond acceptors (Lipinski definition) is 3. The van der Waals surface area contributed by atoms with Crippen LogP contribution in [0.25, 0.3) is 93.5 Å². The van der Waals surface area contributed by atoms with Crippen LogP contribution in [0.2, 0.25) is 0 Å². The molecule has 0 atom stereocenters. The van der Waals surface area contributed by atoms with E-state index in [0.717, 1.165) is 55.4 Å². The first-order chi connectivity index (χ1) is 23.3. The summed E-state index contributed by atoms with van der Waals surface area (Å²) in [7, 11) is 0. The Labute approximate surface area is 267 Å². The van der Waals surface area contributed by atoms with E-state index in [1.54, 1.807) is 0 Å². The molecule has 6 heterocycles. The van der Waals surface area contributed by atoms with Gasteiger partial charge in [0.05, 0.1) is 27.6 Å². The van der Waals surface area contributed by atoms with Crippen molar-refractivity contribution in [2.75, 3.05) is 0 Å². The largest absolute Gasteiger partial charge is 0.309 e. The third-order valence-corrected chi connectivity index (χ3v) is 9.72. The summed E-state index contributed by atoms with van der Waals surface area (Å²) in [6, 6.07) is 45.4. The van der Waals surface area contributed by atoms with Crippen LogP contribution in [0, 0.1) is 0 Å². The van der Waals surface area contributed by atoms with E-state index in [2.05, 4.69) is 134 Å². The highest BCUT2D eigenvalue weighted by atomic mass is 15.1. The van der Waals surface area contributed by atoms with Crippen LogP contribution in [0.3, 0.4) is 0 Å². The lowest BCUT2D eigenvalue weighted by Crippen LogP contribution is -1.95. The van der Waals surface area contributed by atoms with Gasteiger partial charge in [0, 0.05) is 62.3 Å². The maximum Gasteiger partial charge on any atom is 0.164 e. The van der Waals surface area contributed by atoms with E-state index in [4.69, 9.17) is 9.97 Å². The number of benzene rings is 5. The van der Waals surface area contributed by atoms with Crippen molar-refractivity contribution < 1.29 is 0 Å². The summed E-state index contributed by atoms with van der Waals surface area (Å²) >= 11 is 0. The van der Waals surface area contributed by atoms with Crippen molar-refractivity contribution in [1.29, 1.82) is 0 Å². The molecular formula is C41H24N6. The second kappa shape index (κ2) is 9.02. The maximum atomic E-state index is 5.17. The van der Waals surface area contributed by atoms with E-state index in [1.807, 2.05) is 30.7 Å². The predicted octanol–water partition coefficient (Wildman–Crippen LogP) is 9.78. The molecule has 0 amide bonds. The fourth-order valence-corrected chi connectivity index (χ4v) is 7.84. The van der Waals surface area contributed by atoms with Crippen LogP contribution in [0.15, 0.2) is 146 Å². The van der Waals surface area contributed by atoms with Gasteiger partial charge in [-0.1, -0.05) is 54.6 Å². The van der Waals surface area contributed by atoms with Crippen molar-refractivity contribution in [3.8, 4) is 11.4 Å². The summed E-state index contributed by atoms with van der Waals surface area (Å²) in [5.74, 6) is 0. The highest BCUT2D eigenvalue weighted by Crippen LogP contribution is 2.44. The first-order valence-corrected chi connectivity index (χ1v) is 15.8. The molecule has 0 radical (unpaired) electrons. The zero-order chi connectivity index (χ0) is 30.6. The van der Waals surface area contributed by atoms with Crippen LogP contribution in [0.4, 0.5) is 0 Å². The Kier molecular flexibility index (Phi) is 4.75. The van der Waals surface area contributed by atoms with Crippen molar-refractivity contribution in [2.24, 2.45) is 0 Å². The van der Waals surface area contributed by atoms with Crippen LogP contribution in [0.1, 0.15) is 0 Å². The standard InChI is InChI=1S/C41H24N6/c1-3-10-25(11-4-1)45-33-16-8-7-14-27(33)38-35(45)17-18-36-39(38)30-22-29-28(23-37(30)46(36)26-12-5-2-6-13-26)31-24-42-21-19-34(31)47-40(29)44-32-15-9-20-43-41(32)47/h1-24H. The molecule has 0 fully saturated rings. The molecule has 0 unspecified atom stereocenters. The molecule has 0 saturated heterocycles. The van der Waals surface area contributed by atoms with Gasteiger partial charge in [-0.15, -0.1) is 0 Å². The van der Waals surface area contributed by atoms with E-state index in [1.165, 1.54) is 38.1 Å². The molecule has 0 bridgehead atoms. The Bertz CT molecular complexity index is 3060. The van der Waals surface area contributed by atoms with Gasteiger partial charge in [-0.2, -0.15) is 0 Å². The topological polar surface area (TPSA) is 52.9 Å². The molecule has 5 aromatic carbocycles. The summed E-state index contributed by atoms with van der Waals surface area (Å²) in [6.07, 6.45) is 5.66. The molecule has 0 N–H and O–H groups in total. The minimum Gasteiger partial charge on any atom is -0.309 e. The van der Waals surface area contributed by atoms with Crippen molar-refractivity contribution >= 4 is 82.1 Å². The number of aromatic nitrogens is 6. The number of para-hydroxylation sites is 3. The lowest BCUT2D eigenvalue weighted by atomic mass is 10.0. The number of fused-ring (bicyclic) bond motifs is 15.